The molecule has 27 valence electrons. The maximum atomic E-state index is 8.56. The van der Waals surface area contributed by atoms with Crippen LogP contribution in [0.2, 0.25) is 0 Å². The van der Waals surface area contributed by atoms with Crippen LogP contribution in [-0.2, 0) is 5.63 Å². The molecule has 0 spiro atoms. The Labute approximate surface area is 103 Å². The van der Waals surface area contributed by atoms with E-state index in [1.54, 1.807) is 0 Å². The first-order chi connectivity index (χ1) is 1.41. The molecule has 0 aliphatic carbocycles. The van der Waals surface area contributed by atoms with E-state index in [1.165, 1.54) is 0 Å². The SMILES string of the molecule is I.[H-].[K+].[O]=[Bi]=[O]. The second-order valence-corrected chi connectivity index (χ2v) is 0.654. The van der Waals surface area contributed by atoms with Gasteiger partial charge in [0.1, 0.15) is 0 Å². The van der Waals surface area contributed by atoms with Crippen LogP contribution in [0.1, 0.15) is 1.43 Å². The van der Waals surface area contributed by atoms with Crippen LogP contribution in [-0.4, -0.2) is 23.2 Å². The van der Waals surface area contributed by atoms with Crippen LogP contribution < -0.4 is 51.4 Å². The zero-order chi connectivity index (χ0) is 2.71. The molecule has 0 aliphatic heterocycles. The van der Waals surface area contributed by atoms with Gasteiger partial charge in [-0.2, -0.15) is 0 Å². The van der Waals surface area contributed by atoms with Crippen molar-refractivity contribution in [3.05, 3.63) is 0 Å². The fourth-order valence-electron chi connectivity index (χ4n) is 0. The zero-order valence-electron chi connectivity index (χ0n) is 3.67. The molecule has 0 aromatic rings. The standard InChI is InChI=1S/Bi.HI.K.2O.H/h;1H;;;;/q;;+1;;;-1. The van der Waals surface area contributed by atoms with E-state index in [-0.39, 0.29) is 76.8 Å². The molecule has 0 fully saturated rings. The molecular formula is H2BiIKO2. The van der Waals surface area contributed by atoms with Crippen molar-refractivity contribution in [3.8, 4) is 0 Å². The molecule has 0 saturated heterocycles. The minimum atomic E-state index is -2.33. The predicted octanol–water partition coefficient (Wildman–Crippen LogP) is -2.88. The number of hydrogen-bond acceptors (Lipinski definition) is 2. The van der Waals surface area contributed by atoms with Crippen molar-refractivity contribution < 1.29 is 58.4 Å². The molecule has 0 aliphatic rings. The van der Waals surface area contributed by atoms with Crippen LogP contribution in [0.3, 0.4) is 0 Å². The van der Waals surface area contributed by atoms with Crippen LogP contribution in [0.5, 0.6) is 0 Å². The molecule has 5 heteroatoms. The third-order valence-electron chi connectivity index (χ3n) is 0. The first-order valence-corrected chi connectivity index (χ1v) is 3.20. The zero-order valence-corrected chi connectivity index (χ0v) is 11.6. The van der Waals surface area contributed by atoms with Gasteiger partial charge in [0, 0.05) is 0 Å². The maximum absolute atomic E-state index is 8.56. The van der Waals surface area contributed by atoms with Crippen molar-refractivity contribution in [2.45, 2.75) is 0 Å². The molecule has 5 heavy (non-hydrogen) atoms. The summed E-state index contributed by atoms with van der Waals surface area (Å²) in [5.41, 5.74) is 0. The molecule has 0 rings (SSSR count). The summed E-state index contributed by atoms with van der Waals surface area (Å²) in [6.45, 7) is 0. The normalized spacial score (nSPS) is 1.60. The first-order valence-electron chi connectivity index (χ1n) is 0.365. The molecule has 0 heterocycles. The van der Waals surface area contributed by atoms with E-state index < -0.39 is 23.2 Å². The summed E-state index contributed by atoms with van der Waals surface area (Å²) in [7, 11) is 0. The molecule has 0 atom stereocenters. The van der Waals surface area contributed by atoms with E-state index in [0.29, 0.717) is 0 Å². The molecule has 0 aromatic heterocycles. The van der Waals surface area contributed by atoms with E-state index in [1.807, 2.05) is 0 Å². The Bertz CT molecular complexity index is 34.5. The van der Waals surface area contributed by atoms with Gasteiger partial charge in [-0.25, -0.2) is 0 Å². The molecule has 2 nitrogen and oxygen atoms in total. The topological polar surface area (TPSA) is 34.1 Å². The molecular weight excluding hydrogens is 407 g/mol. The molecule has 0 bridgehead atoms. The number of rotatable bonds is 0. The second kappa shape index (κ2) is 15.8. The molecule has 0 saturated carbocycles. The average molecular weight is 409 g/mol. The van der Waals surface area contributed by atoms with Gasteiger partial charge in [0.25, 0.3) is 0 Å². The molecule has 0 unspecified atom stereocenters. The second-order valence-electron chi connectivity index (χ2n) is 0.0745. The van der Waals surface area contributed by atoms with Crippen molar-refractivity contribution in [1.82, 2.24) is 0 Å². The van der Waals surface area contributed by atoms with Crippen LogP contribution in [0, 0.1) is 0 Å². The fraction of sp³-hybridized carbons (Fsp3) is 0. The van der Waals surface area contributed by atoms with Gasteiger partial charge in [-0.05, 0) is 0 Å². The number of hydrogen-bond donors (Lipinski definition) is 0. The van der Waals surface area contributed by atoms with Gasteiger partial charge in [-0.15, -0.1) is 24.0 Å². The van der Waals surface area contributed by atoms with Gasteiger partial charge in [0.15, 0.2) is 0 Å². The predicted molar refractivity (Wildman–Crippen MR) is 23.7 cm³/mol. The van der Waals surface area contributed by atoms with Crippen LogP contribution in [0.15, 0.2) is 0 Å². The van der Waals surface area contributed by atoms with Crippen LogP contribution in [0.25, 0.3) is 0 Å². The van der Waals surface area contributed by atoms with Crippen molar-refractivity contribution in [3.63, 3.8) is 0 Å². The summed E-state index contributed by atoms with van der Waals surface area (Å²) in [5, 5.41) is 0. The quantitative estimate of drug-likeness (QED) is 0.319. The van der Waals surface area contributed by atoms with Crippen molar-refractivity contribution >= 4 is 47.2 Å². The van der Waals surface area contributed by atoms with Crippen LogP contribution in [0.4, 0.5) is 0 Å². The average Bonchev–Trinajstić information content (AvgIpc) is 0.918. The summed E-state index contributed by atoms with van der Waals surface area (Å²) in [6, 6.07) is 0. The van der Waals surface area contributed by atoms with E-state index in [9.17, 15) is 0 Å². The van der Waals surface area contributed by atoms with E-state index >= 15 is 0 Å². The molecule has 0 N–H and O–H groups in total. The van der Waals surface area contributed by atoms with E-state index in [0.717, 1.165) is 0 Å². The summed E-state index contributed by atoms with van der Waals surface area (Å²) < 4.78 is 17.1. The van der Waals surface area contributed by atoms with Crippen molar-refractivity contribution in [2.75, 3.05) is 0 Å². The monoisotopic (exact) mass is 409 g/mol. The molecule has 0 aromatic carbocycles. The molecule has 1 radical (unpaired) electrons. The van der Waals surface area contributed by atoms with Gasteiger partial charge >= 0.3 is 80.3 Å². The van der Waals surface area contributed by atoms with Gasteiger partial charge in [0.2, 0.25) is 0 Å². The Balaban J connectivity index is -0.00000000667. The fourth-order valence-corrected chi connectivity index (χ4v) is 0. The van der Waals surface area contributed by atoms with Gasteiger partial charge in [-0.3, -0.25) is 0 Å². The van der Waals surface area contributed by atoms with Crippen molar-refractivity contribution in [1.29, 1.82) is 0 Å². The molecule has 0 amide bonds. The van der Waals surface area contributed by atoms with Gasteiger partial charge in [0.05, 0.1) is 0 Å². The van der Waals surface area contributed by atoms with Crippen molar-refractivity contribution in [2.24, 2.45) is 0 Å². The third kappa shape index (κ3) is 19.8. The summed E-state index contributed by atoms with van der Waals surface area (Å²) in [4.78, 5) is 0. The Morgan fingerprint density at radius 3 is 1.40 bits per heavy atom. The Hall–Kier alpha value is 2.85. The Morgan fingerprint density at radius 1 is 1.40 bits per heavy atom. The summed E-state index contributed by atoms with van der Waals surface area (Å²) in [6.07, 6.45) is 0. The Kier molecular flexibility index (Phi) is 49.5. The van der Waals surface area contributed by atoms with Gasteiger partial charge in [-0.1, -0.05) is 0 Å². The number of halogens is 1. The third-order valence-corrected chi connectivity index (χ3v) is 0. The van der Waals surface area contributed by atoms with Crippen LogP contribution >= 0.6 is 24.0 Å². The van der Waals surface area contributed by atoms with E-state index in [4.69, 9.17) is 5.63 Å². The summed E-state index contributed by atoms with van der Waals surface area (Å²) in [5.74, 6) is 0. The Morgan fingerprint density at radius 2 is 1.40 bits per heavy atom. The first kappa shape index (κ1) is 15.7. The van der Waals surface area contributed by atoms with Gasteiger partial charge < -0.3 is 1.43 Å². The van der Waals surface area contributed by atoms with E-state index in [2.05, 4.69) is 0 Å². The minimum absolute atomic E-state index is 0. The summed E-state index contributed by atoms with van der Waals surface area (Å²) >= 11 is -2.33.